The highest BCUT2D eigenvalue weighted by molar-refractivity contribution is 5.69. The zero-order valence-electron chi connectivity index (χ0n) is 18.6. The molecule has 0 amide bonds. The van der Waals surface area contributed by atoms with E-state index in [1.165, 1.54) is 24.9 Å². The van der Waals surface area contributed by atoms with E-state index in [0.717, 1.165) is 45.4 Å². The Bertz CT molecular complexity index is 870. The van der Waals surface area contributed by atoms with Crippen LogP contribution >= 0.6 is 0 Å². The van der Waals surface area contributed by atoms with Crippen molar-refractivity contribution in [1.82, 2.24) is 15.2 Å². The first-order valence-electron chi connectivity index (χ1n) is 11.4. The van der Waals surface area contributed by atoms with E-state index in [9.17, 15) is 9.18 Å². The fourth-order valence-electron chi connectivity index (χ4n) is 4.49. The summed E-state index contributed by atoms with van der Waals surface area (Å²) >= 11 is 0. The maximum Gasteiger partial charge on any atom is 0.306 e. The topological polar surface area (TPSA) is 63.7 Å². The van der Waals surface area contributed by atoms with Gasteiger partial charge >= 0.3 is 5.97 Å². The first-order valence-corrected chi connectivity index (χ1v) is 11.4. The van der Waals surface area contributed by atoms with E-state index >= 15 is 0 Å². The molecule has 1 aromatic carbocycles. The van der Waals surface area contributed by atoms with Crippen LogP contribution in [0.1, 0.15) is 37.2 Å². The van der Waals surface area contributed by atoms with E-state index in [-0.39, 0.29) is 17.2 Å². The van der Waals surface area contributed by atoms with Gasteiger partial charge in [-0.2, -0.15) is 0 Å². The number of methoxy groups -OCH3 is 1. The van der Waals surface area contributed by atoms with Crippen molar-refractivity contribution in [3.05, 3.63) is 60.0 Å². The van der Waals surface area contributed by atoms with Gasteiger partial charge in [0.05, 0.1) is 26.3 Å². The van der Waals surface area contributed by atoms with Gasteiger partial charge < -0.3 is 19.7 Å². The molecule has 0 bridgehead atoms. The van der Waals surface area contributed by atoms with Crippen molar-refractivity contribution in [3.63, 3.8) is 0 Å². The number of aromatic nitrogens is 1. The number of nitrogens with one attached hydrogen (secondary N) is 1. The minimum atomic E-state index is -0.367. The molecule has 1 unspecified atom stereocenters. The second-order valence-corrected chi connectivity index (χ2v) is 9.01. The van der Waals surface area contributed by atoms with Gasteiger partial charge in [-0.15, -0.1) is 0 Å². The molecule has 2 aromatic rings. The standard InChI is InChI=1S/C25H32FN3O3/c1-31-24(30)9-12-29-13-10-25(11-14-29,18-32-23-8-7-20(26)16-27-23)17-28-22-15-21(22)19-5-3-2-4-6-19/h2-8,16,21-22,28H,9-15,17-18H2,1H3/t21?,22-/m1/s1. The average Bonchev–Trinajstić information content (AvgIpc) is 3.62. The lowest BCUT2D eigenvalue weighted by atomic mass is 9.78. The van der Waals surface area contributed by atoms with Crippen molar-refractivity contribution < 1.29 is 18.7 Å². The molecule has 6 nitrogen and oxygen atoms in total. The number of nitrogens with zero attached hydrogens (tertiary/aromatic N) is 2. The van der Waals surface area contributed by atoms with Gasteiger partial charge in [0.15, 0.2) is 0 Å². The van der Waals surface area contributed by atoms with Crippen LogP contribution in [0, 0.1) is 11.2 Å². The highest BCUT2D eigenvalue weighted by Gasteiger charge is 2.41. The van der Waals surface area contributed by atoms with Crippen LogP contribution in [0.5, 0.6) is 5.88 Å². The van der Waals surface area contributed by atoms with E-state index in [1.807, 2.05) is 0 Å². The highest BCUT2D eigenvalue weighted by atomic mass is 19.1. The summed E-state index contributed by atoms with van der Waals surface area (Å²) < 4.78 is 24.0. The lowest BCUT2D eigenvalue weighted by Gasteiger charge is -2.41. The summed E-state index contributed by atoms with van der Waals surface area (Å²) in [6.07, 6.45) is 4.69. The third-order valence-electron chi connectivity index (χ3n) is 6.76. The van der Waals surface area contributed by atoms with E-state index in [2.05, 4.69) is 45.5 Å². The van der Waals surface area contributed by atoms with Crippen molar-refractivity contribution >= 4 is 5.97 Å². The molecule has 1 aliphatic heterocycles. The van der Waals surface area contributed by atoms with Crippen molar-refractivity contribution in [1.29, 1.82) is 0 Å². The Balaban J connectivity index is 1.34. The first kappa shape index (κ1) is 22.7. The first-order chi connectivity index (χ1) is 15.6. The van der Waals surface area contributed by atoms with Crippen LogP contribution in [0.15, 0.2) is 48.7 Å². The monoisotopic (exact) mass is 441 g/mol. The summed E-state index contributed by atoms with van der Waals surface area (Å²) in [5.74, 6) is 0.490. The van der Waals surface area contributed by atoms with Crippen molar-refractivity contribution in [3.8, 4) is 5.88 Å². The Morgan fingerprint density at radius 1 is 1.22 bits per heavy atom. The van der Waals surface area contributed by atoms with Gasteiger partial charge in [0, 0.05) is 36.5 Å². The zero-order chi connectivity index (χ0) is 22.4. The Kier molecular flexibility index (Phi) is 7.37. The third-order valence-corrected chi connectivity index (χ3v) is 6.76. The van der Waals surface area contributed by atoms with Gasteiger partial charge in [0.25, 0.3) is 0 Å². The molecule has 1 N–H and O–H groups in total. The van der Waals surface area contributed by atoms with Gasteiger partial charge in [-0.05, 0) is 44.0 Å². The molecule has 1 saturated heterocycles. The van der Waals surface area contributed by atoms with E-state index in [1.54, 1.807) is 6.07 Å². The number of hydrogen-bond donors (Lipinski definition) is 1. The van der Waals surface area contributed by atoms with Crippen LogP contribution < -0.4 is 10.1 Å². The number of esters is 1. The predicted molar refractivity (Wildman–Crippen MR) is 120 cm³/mol. The minimum absolute atomic E-state index is 0.0261. The molecule has 2 fully saturated rings. The molecule has 1 saturated carbocycles. The van der Waals surface area contributed by atoms with Gasteiger partial charge in [0.2, 0.25) is 5.88 Å². The summed E-state index contributed by atoms with van der Waals surface area (Å²) in [4.78, 5) is 17.8. The molecule has 4 rings (SSSR count). The van der Waals surface area contributed by atoms with E-state index < -0.39 is 0 Å². The van der Waals surface area contributed by atoms with E-state index in [4.69, 9.17) is 9.47 Å². The normalized spacial score (nSPS) is 22.3. The van der Waals surface area contributed by atoms with Crippen LogP contribution in [0.25, 0.3) is 0 Å². The summed E-state index contributed by atoms with van der Waals surface area (Å²) in [5, 5.41) is 3.78. The number of benzene rings is 1. The van der Waals surface area contributed by atoms with Crippen LogP contribution in [-0.2, 0) is 9.53 Å². The number of ether oxygens (including phenoxy) is 2. The summed E-state index contributed by atoms with van der Waals surface area (Å²) in [5.41, 5.74) is 1.37. The predicted octanol–water partition coefficient (Wildman–Crippen LogP) is 3.39. The fraction of sp³-hybridized carbons (Fsp3) is 0.520. The Hall–Kier alpha value is -2.51. The fourth-order valence-corrected chi connectivity index (χ4v) is 4.49. The molecule has 32 heavy (non-hydrogen) atoms. The smallest absolute Gasteiger partial charge is 0.306 e. The molecular formula is C25H32FN3O3. The maximum atomic E-state index is 13.2. The number of rotatable bonds is 10. The summed E-state index contributed by atoms with van der Waals surface area (Å²) in [7, 11) is 1.43. The van der Waals surface area contributed by atoms with Crippen LogP contribution in [0.4, 0.5) is 4.39 Å². The van der Waals surface area contributed by atoms with Crippen molar-refractivity contribution in [2.24, 2.45) is 5.41 Å². The SMILES string of the molecule is COC(=O)CCN1CCC(CN[C@@H]2CC2c2ccccc2)(COc2ccc(F)cn2)CC1. The summed E-state index contributed by atoms with van der Waals surface area (Å²) in [6, 6.07) is 14.1. The lowest BCUT2D eigenvalue weighted by molar-refractivity contribution is -0.141. The molecular weight excluding hydrogens is 409 g/mol. The second-order valence-electron chi connectivity index (χ2n) is 9.01. The molecule has 1 aromatic heterocycles. The van der Waals surface area contributed by atoms with Gasteiger partial charge in [-0.25, -0.2) is 9.37 Å². The maximum absolute atomic E-state index is 13.2. The lowest BCUT2D eigenvalue weighted by Crippen LogP contribution is -2.49. The Morgan fingerprint density at radius 3 is 2.69 bits per heavy atom. The number of likely N-dealkylation sites (tertiary alicyclic amines) is 1. The Morgan fingerprint density at radius 2 is 2.00 bits per heavy atom. The molecule has 172 valence electrons. The second kappa shape index (κ2) is 10.4. The number of piperidine rings is 1. The highest BCUT2D eigenvalue weighted by Crippen LogP contribution is 2.42. The van der Waals surface area contributed by atoms with Crippen molar-refractivity contribution in [2.45, 2.75) is 37.6 Å². The van der Waals surface area contributed by atoms with Crippen LogP contribution in [0.3, 0.4) is 0 Å². The largest absolute Gasteiger partial charge is 0.477 e. The van der Waals surface area contributed by atoms with Gasteiger partial charge in [0.1, 0.15) is 5.82 Å². The van der Waals surface area contributed by atoms with Gasteiger partial charge in [-0.3, -0.25) is 4.79 Å². The molecule has 0 radical (unpaired) electrons. The number of carbonyl (C=O) groups excluding carboxylic acids is 1. The number of carbonyl (C=O) groups is 1. The molecule has 2 atom stereocenters. The molecule has 7 heteroatoms. The molecule has 2 heterocycles. The number of halogens is 1. The number of hydrogen-bond acceptors (Lipinski definition) is 6. The average molecular weight is 442 g/mol. The van der Waals surface area contributed by atoms with Crippen LogP contribution in [0.2, 0.25) is 0 Å². The molecule has 2 aliphatic rings. The van der Waals surface area contributed by atoms with Crippen LogP contribution in [-0.4, -0.2) is 61.8 Å². The van der Waals surface area contributed by atoms with Gasteiger partial charge in [-0.1, -0.05) is 30.3 Å². The number of pyridine rings is 1. The zero-order valence-corrected chi connectivity index (χ0v) is 18.6. The Labute approximate surface area is 189 Å². The third kappa shape index (κ3) is 6.04. The quantitative estimate of drug-likeness (QED) is 0.571. The minimum Gasteiger partial charge on any atom is -0.477 e. The summed E-state index contributed by atoms with van der Waals surface area (Å²) in [6.45, 7) is 3.94. The van der Waals surface area contributed by atoms with E-state index in [0.29, 0.717) is 30.9 Å². The molecule has 1 aliphatic carbocycles. The molecule has 0 spiro atoms. The van der Waals surface area contributed by atoms with Crippen molar-refractivity contribution in [2.75, 3.05) is 39.9 Å².